The second-order valence-electron chi connectivity index (χ2n) is 4.98. The van der Waals surface area contributed by atoms with E-state index in [-0.39, 0.29) is 11.6 Å². The zero-order valence-electron chi connectivity index (χ0n) is 13.1. The summed E-state index contributed by atoms with van der Waals surface area (Å²) in [5.41, 5.74) is 1.28. The number of amides is 1. The largest absolute Gasteiger partial charge is 0.480 e. The first-order valence-corrected chi connectivity index (χ1v) is 8.28. The first kappa shape index (κ1) is 19.4. The van der Waals surface area contributed by atoms with Gasteiger partial charge in [0.05, 0.1) is 5.02 Å². The van der Waals surface area contributed by atoms with Crippen molar-refractivity contribution in [2.75, 3.05) is 18.5 Å². The lowest BCUT2D eigenvalue weighted by Gasteiger charge is -2.10. The van der Waals surface area contributed by atoms with Crippen molar-refractivity contribution in [1.29, 1.82) is 0 Å². The lowest BCUT2D eigenvalue weighted by Crippen LogP contribution is -2.24. The minimum atomic E-state index is -0.705. The molecule has 0 radical (unpaired) electrons. The van der Waals surface area contributed by atoms with Gasteiger partial charge in [0.15, 0.2) is 13.2 Å². The maximum absolute atomic E-state index is 11.8. The van der Waals surface area contributed by atoms with Crippen LogP contribution in [0.1, 0.15) is 5.56 Å². The SMILES string of the molecule is Cc1c(Cl)cccc1NC(=O)COC(=O)COc1ccc(Cl)cc1Cl. The third kappa shape index (κ3) is 5.81. The molecule has 5 nitrogen and oxygen atoms in total. The molecule has 8 heteroatoms. The molecule has 0 fully saturated rings. The zero-order chi connectivity index (χ0) is 18.4. The Labute approximate surface area is 159 Å². The van der Waals surface area contributed by atoms with E-state index >= 15 is 0 Å². The fourth-order valence-corrected chi connectivity index (χ4v) is 2.48. The number of nitrogens with one attached hydrogen (secondary N) is 1. The highest BCUT2D eigenvalue weighted by Gasteiger charge is 2.11. The summed E-state index contributed by atoms with van der Waals surface area (Å²) in [5.74, 6) is -0.894. The Balaban J connectivity index is 1.79. The normalized spacial score (nSPS) is 10.2. The van der Waals surface area contributed by atoms with E-state index in [2.05, 4.69) is 5.32 Å². The molecule has 25 heavy (non-hydrogen) atoms. The average Bonchev–Trinajstić information content (AvgIpc) is 2.56. The minimum Gasteiger partial charge on any atom is -0.480 e. The van der Waals surface area contributed by atoms with Crippen molar-refractivity contribution < 1.29 is 19.1 Å². The molecule has 0 saturated heterocycles. The Morgan fingerprint density at radius 3 is 2.52 bits per heavy atom. The number of anilines is 1. The molecule has 0 saturated carbocycles. The van der Waals surface area contributed by atoms with Crippen LogP contribution in [0.5, 0.6) is 5.75 Å². The van der Waals surface area contributed by atoms with Gasteiger partial charge in [0, 0.05) is 15.7 Å². The van der Waals surface area contributed by atoms with Crippen LogP contribution >= 0.6 is 34.8 Å². The van der Waals surface area contributed by atoms with Gasteiger partial charge in [0.1, 0.15) is 5.75 Å². The molecule has 0 aromatic heterocycles. The molecule has 0 heterocycles. The van der Waals surface area contributed by atoms with Crippen LogP contribution < -0.4 is 10.1 Å². The van der Waals surface area contributed by atoms with E-state index in [4.69, 9.17) is 44.3 Å². The topological polar surface area (TPSA) is 64.6 Å². The number of hydrogen-bond donors (Lipinski definition) is 1. The highest BCUT2D eigenvalue weighted by atomic mass is 35.5. The molecule has 1 amide bonds. The molecule has 0 aliphatic heterocycles. The summed E-state index contributed by atoms with van der Waals surface area (Å²) < 4.78 is 10.1. The second-order valence-corrected chi connectivity index (χ2v) is 6.24. The van der Waals surface area contributed by atoms with Crippen LogP contribution in [0.15, 0.2) is 36.4 Å². The first-order chi connectivity index (χ1) is 11.9. The van der Waals surface area contributed by atoms with Gasteiger partial charge in [-0.2, -0.15) is 0 Å². The van der Waals surface area contributed by atoms with Gasteiger partial charge >= 0.3 is 5.97 Å². The van der Waals surface area contributed by atoms with Crippen LogP contribution in [-0.2, 0) is 14.3 Å². The van der Waals surface area contributed by atoms with Crippen molar-refractivity contribution in [2.45, 2.75) is 6.92 Å². The van der Waals surface area contributed by atoms with Gasteiger partial charge < -0.3 is 14.8 Å². The molecule has 0 aliphatic carbocycles. The number of hydrogen-bond acceptors (Lipinski definition) is 4. The quantitative estimate of drug-likeness (QED) is 0.722. The Bertz CT molecular complexity index is 795. The highest BCUT2D eigenvalue weighted by Crippen LogP contribution is 2.27. The smallest absolute Gasteiger partial charge is 0.344 e. The number of carbonyl (C=O) groups is 2. The summed E-state index contributed by atoms with van der Waals surface area (Å²) in [7, 11) is 0. The molecule has 0 bridgehead atoms. The molecule has 1 N–H and O–H groups in total. The minimum absolute atomic E-state index is 0.273. The number of esters is 1. The van der Waals surface area contributed by atoms with Gasteiger partial charge in [-0.1, -0.05) is 40.9 Å². The number of rotatable bonds is 6. The summed E-state index contributed by atoms with van der Waals surface area (Å²) in [6.45, 7) is 0.945. The van der Waals surface area contributed by atoms with Gasteiger partial charge in [-0.3, -0.25) is 4.79 Å². The number of ether oxygens (including phenoxy) is 2. The van der Waals surface area contributed by atoms with Crippen molar-refractivity contribution in [3.8, 4) is 5.75 Å². The van der Waals surface area contributed by atoms with Gasteiger partial charge in [0.25, 0.3) is 5.91 Å². The molecule has 0 atom stereocenters. The Kier molecular flexibility index (Phi) is 6.93. The molecule has 0 unspecified atom stereocenters. The summed E-state index contributed by atoms with van der Waals surface area (Å²) in [4.78, 5) is 23.5. The molecule has 2 aromatic rings. The predicted octanol–water partition coefficient (Wildman–Crippen LogP) is 4.52. The number of carbonyl (C=O) groups excluding carboxylic acids is 2. The Hall–Kier alpha value is -1.95. The molecule has 0 aliphatic rings. The van der Waals surface area contributed by atoms with Gasteiger partial charge in [-0.15, -0.1) is 0 Å². The van der Waals surface area contributed by atoms with Crippen molar-refractivity contribution in [2.24, 2.45) is 0 Å². The van der Waals surface area contributed by atoms with E-state index in [1.165, 1.54) is 12.1 Å². The molecule has 132 valence electrons. The van der Waals surface area contributed by atoms with Gasteiger partial charge in [0.2, 0.25) is 0 Å². The Morgan fingerprint density at radius 2 is 1.80 bits per heavy atom. The summed E-state index contributed by atoms with van der Waals surface area (Å²) in [6, 6.07) is 9.73. The van der Waals surface area contributed by atoms with E-state index < -0.39 is 18.5 Å². The van der Waals surface area contributed by atoms with Crippen LogP contribution in [0.2, 0.25) is 15.1 Å². The van der Waals surface area contributed by atoms with E-state index in [1.807, 2.05) is 0 Å². The molecule has 0 spiro atoms. The zero-order valence-corrected chi connectivity index (χ0v) is 15.4. The van der Waals surface area contributed by atoms with Crippen LogP contribution in [0.25, 0.3) is 0 Å². The van der Waals surface area contributed by atoms with Gasteiger partial charge in [-0.25, -0.2) is 4.79 Å². The average molecular weight is 403 g/mol. The van der Waals surface area contributed by atoms with Crippen LogP contribution in [0, 0.1) is 6.92 Å². The number of benzene rings is 2. The maximum atomic E-state index is 11.8. The van der Waals surface area contributed by atoms with Crippen molar-refractivity contribution in [3.63, 3.8) is 0 Å². The van der Waals surface area contributed by atoms with Gasteiger partial charge in [-0.05, 0) is 42.8 Å². The first-order valence-electron chi connectivity index (χ1n) is 7.15. The molecule has 2 aromatic carbocycles. The molecule has 2 rings (SSSR count). The monoisotopic (exact) mass is 401 g/mol. The maximum Gasteiger partial charge on any atom is 0.344 e. The summed E-state index contributed by atoms with van der Waals surface area (Å²) in [5, 5.41) is 3.87. The third-order valence-electron chi connectivity index (χ3n) is 3.15. The third-order valence-corrected chi connectivity index (χ3v) is 4.09. The second kappa shape index (κ2) is 8.94. The van der Waals surface area contributed by atoms with Crippen molar-refractivity contribution >= 4 is 52.4 Å². The van der Waals surface area contributed by atoms with Crippen LogP contribution in [-0.4, -0.2) is 25.1 Å². The Morgan fingerprint density at radius 1 is 1.04 bits per heavy atom. The van der Waals surface area contributed by atoms with Crippen molar-refractivity contribution in [3.05, 3.63) is 57.0 Å². The van der Waals surface area contributed by atoms with Crippen LogP contribution in [0.3, 0.4) is 0 Å². The van der Waals surface area contributed by atoms with E-state index in [9.17, 15) is 9.59 Å². The fourth-order valence-electron chi connectivity index (χ4n) is 1.85. The van der Waals surface area contributed by atoms with E-state index in [0.717, 1.165) is 5.56 Å². The predicted molar refractivity (Wildman–Crippen MR) is 97.7 cm³/mol. The lowest BCUT2D eigenvalue weighted by atomic mass is 10.2. The van der Waals surface area contributed by atoms with Crippen molar-refractivity contribution in [1.82, 2.24) is 0 Å². The highest BCUT2D eigenvalue weighted by molar-refractivity contribution is 6.35. The molecular weight excluding hydrogens is 389 g/mol. The van der Waals surface area contributed by atoms with E-state index in [0.29, 0.717) is 21.5 Å². The standard InChI is InChI=1S/C17H14Cl3NO4/c1-10-12(19)3-2-4-14(10)21-16(22)8-25-17(23)9-24-15-6-5-11(18)7-13(15)20/h2-7H,8-9H2,1H3,(H,21,22). The van der Waals surface area contributed by atoms with E-state index in [1.54, 1.807) is 31.2 Å². The fraction of sp³-hybridized carbons (Fsp3) is 0.176. The molecular formula is C17H14Cl3NO4. The number of halogens is 3. The summed E-state index contributed by atoms with van der Waals surface area (Å²) >= 11 is 17.7. The van der Waals surface area contributed by atoms with Crippen LogP contribution in [0.4, 0.5) is 5.69 Å². The summed E-state index contributed by atoms with van der Waals surface area (Å²) in [6.07, 6.45) is 0. The lowest BCUT2D eigenvalue weighted by molar-refractivity contribution is -0.149.